The van der Waals surface area contributed by atoms with Crippen molar-refractivity contribution in [1.82, 2.24) is 14.6 Å². The molecule has 0 unspecified atom stereocenters. The molecule has 6 nitrogen and oxygen atoms in total. The predicted molar refractivity (Wildman–Crippen MR) is 79.2 cm³/mol. The van der Waals surface area contributed by atoms with E-state index >= 15 is 0 Å². The molecule has 0 fully saturated rings. The normalized spacial score (nSPS) is 11.9. The molecule has 20 heavy (non-hydrogen) atoms. The first kappa shape index (κ1) is 11.1. The van der Waals surface area contributed by atoms with E-state index in [-0.39, 0.29) is 11.1 Å². The molecule has 0 saturated carbocycles. The minimum absolute atomic E-state index is 0.276. The Hall–Kier alpha value is -2.76. The summed E-state index contributed by atoms with van der Waals surface area (Å²) in [7, 11) is 3.89. The zero-order valence-corrected chi connectivity index (χ0v) is 11.0. The van der Waals surface area contributed by atoms with E-state index in [1.54, 1.807) is 0 Å². The van der Waals surface area contributed by atoms with Crippen LogP contribution in [0.2, 0.25) is 0 Å². The van der Waals surface area contributed by atoms with Gasteiger partial charge in [0.1, 0.15) is 0 Å². The van der Waals surface area contributed by atoms with Crippen molar-refractivity contribution in [3.63, 3.8) is 0 Å². The Labute approximate surface area is 112 Å². The van der Waals surface area contributed by atoms with Gasteiger partial charge in [0.2, 0.25) is 0 Å². The maximum Gasteiger partial charge on any atom is 0.272 e. The average Bonchev–Trinajstić information content (AvgIpc) is 2.98. The van der Waals surface area contributed by atoms with Gasteiger partial charge < -0.3 is 9.30 Å². The number of aromatic amines is 2. The maximum absolute atomic E-state index is 12.1. The third-order valence-electron chi connectivity index (χ3n) is 3.75. The number of hydrogen-bond acceptors (Lipinski definition) is 3. The second-order valence-electron chi connectivity index (χ2n) is 5.13. The van der Waals surface area contributed by atoms with Gasteiger partial charge in [-0.25, -0.2) is 0 Å². The molecule has 0 aliphatic carbocycles. The summed E-state index contributed by atoms with van der Waals surface area (Å²) in [6.45, 7) is 0. The van der Waals surface area contributed by atoms with Gasteiger partial charge in [0.05, 0.1) is 21.8 Å². The zero-order chi connectivity index (χ0) is 14.0. The molecule has 100 valence electrons. The molecule has 6 heteroatoms. The standard InChI is InChI=1S/C14H12N4O2/c1-17(2)8-5-7-3-4-9-11-12(10(6-8)18(7)9)14(20)16-15-13(11)19/h3-6H,1-2H3,(H,15,19)(H,16,20). The first-order chi connectivity index (χ1) is 9.58. The first-order valence-electron chi connectivity index (χ1n) is 6.26. The molecule has 0 amide bonds. The van der Waals surface area contributed by atoms with Gasteiger partial charge in [0, 0.05) is 25.3 Å². The Balaban J connectivity index is 2.41. The second-order valence-corrected chi connectivity index (χ2v) is 5.13. The van der Waals surface area contributed by atoms with Crippen LogP contribution in [0.25, 0.3) is 27.3 Å². The fourth-order valence-corrected chi connectivity index (χ4v) is 2.82. The van der Waals surface area contributed by atoms with Crippen LogP contribution in [-0.2, 0) is 0 Å². The number of rotatable bonds is 1. The number of anilines is 1. The molecule has 0 saturated heterocycles. The Morgan fingerprint density at radius 1 is 0.950 bits per heavy atom. The molecular weight excluding hydrogens is 256 g/mol. The highest BCUT2D eigenvalue weighted by Crippen LogP contribution is 2.30. The second kappa shape index (κ2) is 3.41. The maximum atomic E-state index is 12.1. The average molecular weight is 268 g/mol. The molecule has 0 spiro atoms. The van der Waals surface area contributed by atoms with E-state index in [4.69, 9.17) is 0 Å². The highest BCUT2D eigenvalue weighted by Gasteiger charge is 2.17. The molecule has 0 aliphatic heterocycles. The smallest absolute Gasteiger partial charge is 0.272 e. The van der Waals surface area contributed by atoms with Crippen LogP contribution in [0.3, 0.4) is 0 Å². The summed E-state index contributed by atoms with van der Waals surface area (Å²) in [5, 5.41) is 5.67. The zero-order valence-electron chi connectivity index (χ0n) is 11.0. The van der Waals surface area contributed by atoms with Crippen molar-refractivity contribution in [3.8, 4) is 0 Å². The van der Waals surface area contributed by atoms with Gasteiger partial charge in [-0.3, -0.25) is 19.8 Å². The minimum atomic E-state index is -0.277. The Morgan fingerprint density at radius 3 is 2.25 bits per heavy atom. The van der Waals surface area contributed by atoms with Gasteiger partial charge >= 0.3 is 0 Å². The quantitative estimate of drug-likeness (QED) is 0.543. The Morgan fingerprint density at radius 2 is 1.60 bits per heavy atom. The van der Waals surface area contributed by atoms with Crippen LogP contribution in [0.1, 0.15) is 0 Å². The van der Waals surface area contributed by atoms with Crippen LogP contribution in [0.15, 0.2) is 33.9 Å². The SMILES string of the molecule is CN(C)c1cc2ccc3c4c(=O)[nH][nH]c(=O)c4c(c1)n23. The molecule has 4 aromatic heterocycles. The van der Waals surface area contributed by atoms with Gasteiger partial charge in [-0.05, 0) is 24.3 Å². The molecular formula is C14H12N4O2. The van der Waals surface area contributed by atoms with Gasteiger partial charge in [-0.15, -0.1) is 0 Å². The summed E-state index contributed by atoms with van der Waals surface area (Å²) < 4.78 is 1.95. The van der Waals surface area contributed by atoms with Gasteiger partial charge in [-0.2, -0.15) is 0 Å². The largest absolute Gasteiger partial charge is 0.378 e. The summed E-state index contributed by atoms with van der Waals surface area (Å²) in [4.78, 5) is 26.1. The fourth-order valence-electron chi connectivity index (χ4n) is 2.82. The van der Waals surface area contributed by atoms with Crippen molar-refractivity contribution < 1.29 is 0 Å². The molecule has 4 rings (SSSR count). The number of nitrogens with zero attached hydrogens (tertiary/aromatic N) is 2. The van der Waals surface area contributed by atoms with Crippen molar-refractivity contribution in [3.05, 3.63) is 45.0 Å². The van der Waals surface area contributed by atoms with E-state index in [0.717, 1.165) is 22.2 Å². The van der Waals surface area contributed by atoms with E-state index in [0.29, 0.717) is 10.8 Å². The van der Waals surface area contributed by atoms with Crippen LogP contribution in [-0.4, -0.2) is 28.7 Å². The number of H-pyrrole nitrogens is 2. The summed E-state index contributed by atoms with van der Waals surface area (Å²) in [5.74, 6) is 0. The molecule has 0 radical (unpaired) electrons. The lowest BCUT2D eigenvalue weighted by Crippen LogP contribution is -2.17. The van der Waals surface area contributed by atoms with Crippen molar-refractivity contribution in [2.75, 3.05) is 19.0 Å². The predicted octanol–water partition coefficient (Wildman–Crippen LogP) is 1.13. The molecule has 2 N–H and O–H groups in total. The summed E-state index contributed by atoms with van der Waals surface area (Å²) in [5.41, 5.74) is 2.93. The van der Waals surface area contributed by atoms with Gasteiger partial charge in [0.15, 0.2) is 0 Å². The Kier molecular flexibility index (Phi) is 1.89. The molecule has 0 atom stereocenters. The van der Waals surface area contributed by atoms with Crippen LogP contribution in [0.5, 0.6) is 0 Å². The van der Waals surface area contributed by atoms with Crippen LogP contribution < -0.4 is 16.0 Å². The number of aromatic nitrogens is 3. The number of fused-ring (bicyclic) bond motifs is 3. The first-order valence-corrected chi connectivity index (χ1v) is 6.26. The molecule has 0 aliphatic rings. The molecule has 0 aromatic carbocycles. The van der Waals surface area contributed by atoms with Gasteiger partial charge in [-0.1, -0.05) is 0 Å². The minimum Gasteiger partial charge on any atom is -0.378 e. The van der Waals surface area contributed by atoms with Crippen LogP contribution in [0.4, 0.5) is 5.69 Å². The number of pyridine rings is 1. The van der Waals surface area contributed by atoms with E-state index in [2.05, 4.69) is 10.2 Å². The third kappa shape index (κ3) is 1.18. The van der Waals surface area contributed by atoms with E-state index in [1.807, 2.05) is 47.7 Å². The summed E-state index contributed by atoms with van der Waals surface area (Å²) in [6, 6.07) is 7.78. The molecule has 4 heterocycles. The fraction of sp³-hybridized carbons (Fsp3) is 0.143. The lowest BCUT2D eigenvalue weighted by Gasteiger charge is -2.13. The van der Waals surface area contributed by atoms with E-state index < -0.39 is 0 Å². The highest BCUT2D eigenvalue weighted by molar-refractivity contribution is 6.09. The highest BCUT2D eigenvalue weighted by atomic mass is 16.1. The van der Waals surface area contributed by atoms with E-state index in [1.165, 1.54) is 0 Å². The van der Waals surface area contributed by atoms with Crippen LogP contribution in [0, 0.1) is 0 Å². The summed E-state index contributed by atoms with van der Waals surface area (Å²) >= 11 is 0. The lowest BCUT2D eigenvalue weighted by atomic mass is 10.2. The topological polar surface area (TPSA) is 73.4 Å². The molecule has 0 bridgehead atoms. The third-order valence-corrected chi connectivity index (χ3v) is 3.75. The molecule has 4 aromatic rings. The van der Waals surface area contributed by atoms with Crippen molar-refractivity contribution in [1.29, 1.82) is 0 Å². The van der Waals surface area contributed by atoms with Crippen LogP contribution >= 0.6 is 0 Å². The van der Waals surface area contributed by atoms with Crippen molar-refractivity contribution in [2.45, 2.75) is 0 Å². The van der Waals surface area contributed by atoms with E-state index in [9.17, 15) is 9.59 Å². The number of hydrogen-bond donors (Lipinski definition) is 2. The van der Waals surface area contributed by atoms with Gasteiger partial charge in [0.25, 0.3) is 11.1 Å². The lowest BCUT2D eigenvalue weighted by molar-refractivity contribution is 0.979. The van der Waals surface area contributed by atoms with Crippen molar-refractivity contribution in [2.24, 2.45) is 0 Å². The van der Waals surface area contributed by atoms with Crippen molar-refractivity contribution >= 4 is 33.0 Å². The number of nitrogens with one attached hydrogen (secondary N) is 2. The monoisotopic (exact) mass is 268 g/mol. The Bertz CT molecular complexity index is 1070. The summed E-state index contributed by atoms with van der Waals surface area (Å²) in [6.07, 6.45) is 0.